The van der Waals surface area contributed by atoms with Gasteiger partial charge in [-0.2, -0.15) is 0 Å². The highest BCUT2D eigenvalue weighted by Gasteiger charge is 2.38. The van der Waals surface area contributed by atoms with Crippen molar-refractivity contribution in [3.05, 3.63) is 47.5 Å². The highest BCUT2D eigenvalue weighted by atomic mass is 16.5. The zero-order chi connectivity index (χ0) is 17.5. The highest BCUT2D eigenvalue weighted by Crippen LogP contribution is 2.40. The lowest BCUT2D eigenvalue weighted by molar-refractivity contribution is 0.0904. The fourth-order valence-electron chi connectivity index (χ4n) is 4.49. The summed E-state index contributed by atoms with van der Waals surface area (Å²) in [4.78, 5) is 14.1. The molecule has 3 heterocycles. The molecule has 134 valence electrons. The van der Waals surface area contributed by atoms with Crippen molar-refractivity contribution < 1.29 is 14.3 Å². The van der Waals surface area contributed by atoms with Gasteiger partial charge < -0.3 is 14.4 Å². The van der Waals surface area contributed by atoms with Crippen molar-refractivity contribution in [1.82, 2.24) is 5.32 Å². The zero-order valence-electron chi connectivity index (χ0n) is 14.6. The number of nitrogens with zero attached hydrogens (tertiary/aromatic N) is 1. The van der Waals surface area contributed by atoms with Crippen molar-refractivity contribution in [3.8, 4) is 16.9 Å². The predicted octanol–water partition coefficient (Wildman–Crippen LogP) is 2.97. The lowest BCUT2D eigenvalue weighted by Gasteiger charge is -2.37. The quantitative estimate of drug-likeness (QED) is 0.863. The first-order valence-corrected chi connectivity index (χ1v) is 9.26. The van der Waals surface area contributed by atoms with Crippen molar-refractivity contribution in [2.45, 2.75) is 31.5 Å². The van der Waals surface area contributed by atoms with Gasteiger partial charge in [0.25, 0.3) is 0 Å². The number of hydrogen-bond acceptors (Lipinski definition) is 5. The molecule has 2 saturated heterocycles. The number of hydrogen-bond donors (Lipinski definition) is 1. The van der Waals surface area contributed by atoms with Crippen LogP contribution in [-0.2, 0) is 11.3 Å². The molecule has 0 aromatic heterocycles. The van der Waals surface area contributed by atoms with Gasteiger partial charge in [-0.15, -0.1) is 0 Å². The third kappa shape index (κ3) is 2.50. The van der Waals surface area contributed by atoms with E-state index in [2.05, 4.69) is 34.5 Å². The van der Waals surface area contributed by atoms with Crippen LogP contribution in [0.3, 0.4) is 0 Å². The SMILES string of the molecule is O=Cc1ccc(-c2cccc3c2OCNC3)cc1N1C2CCC1COC2. The van der Waals surface area contributed by atoms with E-state index in [1.807, 2.05) is 12.1 Å². The van der Waals surface area contributed by atoms with Gasteiger partial charge in [0, 0.05) is 28.9 Å². The molecular formula is C21H22N2O3. The zero-order valence-corrected chi connectivity index (χ0v) is 14.6. The van der Waals surface area contributed by atoms with Crippen LogP contribution in [-0.4, -0.2) is 38.3 Å². The van der Waals surface area contributed by atoms with Gasteiger partial charge in [0.05, 0.1) is 25.3 Å². The highest BCUT2D eigenvalue weighted by molar-refractivity contribution is 5.88. The second-order valence-electron chi connectivity index (χ2n) is 7.23. The number of rotatable bonds is 3. The normalized spacial score (nSPS) is 24.1. The van der Waals surface area contributed by atoms with Gasteiger partial charge in [-0.05, 0) is 30.5 Å². The first kappa shape index (κ1) is 15.9. The van der Waals surface area contributed by atoms with E-state index in [0.29, 0.717) is 18.8 Å². The fourth-order valence-corrected chi connectivity index (χ4v) is 4.49. The van der Waals surface area contributed by atoms with E-state index in [9.17, 15) is 4.79 Å². The molecule has 0 saturated carbocycles. The number of carbonyl (C=O) groups is 1. The molecule has 5 nitrogen and oxygen atoms in total. The van der Waals surface area contributed by atoms with E-state index in [-0.39, 0.29) is 0 Å². The molecular weight excluding hydrogens is 328 g/mol. The number of carbonyl (C=O) groups excluding carboxylic acids is 1. The summed E-state index contributed by atoms with van der Waals surface area (Å²) < 4.78 is 11.6. The van der Waals surface area contributed by atoms with Crippen LogP contribution >= 0.6 is 0 Å². The Balaban J connectivity index is 1.61. The fraction of sp³-hybridized carbons (Fsp3) is 0.381. The lowest BCUT2D eigenvalue weighted by atomic mass is 9.98. The predicted molar refractivity (Wildman–Crippen MR) is 99.7 cm³/mol. The standard InChI is InChI=1S/C21H22N2O3/c24-10-16-5-4-14(19-3-1-2-15-9-22-13-26-21(15)19)8-20(16)23-17-6-7-18(23)12-25-11-17/h1-5,8,10,17-18,22H,6-7,9,11-13H2. The molecule has 26 heavy (non-hydrogen) atoms. The number of aldehydes is 1. The van der Waals surface area contributed by atoms with E-state index >= 15 is 0 Å². The van der Waals surface area contributed by atoms with Crippen LogP contribution in [0.5, 0.6) is 5.75 Å². The number of benzene rings is 2. The summed E-state index contributed by atoms with van der Waals surface area (Å²) in [6, 6.07) is 13.1. The average Bonchev–Trinajstić information content (AvgIpc) is 2.95. The molecule has 5 heteroatoms. The number of nitrogens with one attached hydrogen (secondary N) is 1. The largest absolute Gasteiger partial charge is 0.477 e. The van der Waals surface area contributed by atoms with Gasteiger partial charge in [0.15, 0.2) is 6.29 Å². The molecule has 0 radical (unpaired) electrons. The third-order valence-electron chi connectivity index (χ3n) is 5.72. The van der Waals surface area contributed by atoms with Crippen molar-refractivity contribution >= 4 is 12.0 Å². The smallest absolute Gasteiger partial charge is 0.152 e. The van der Waals surface area contributed by atoms with Crippen LogP contribution in [0.15, 0.2) is 36.4 Å². The molecule has 0 amide bonds. The second-order valence-corrected chi connectivity index (χ2v) is 7.23. The van der Waals surface area contributed by atoms with Crippen molar-refractivity contribution in [1.29, 1.82) is 0 Å². The van der Waals surface area contributed by atoms with Crippen LogP contribution in [0.2, 0.25) is 0 Å². The molecule has 3 aliphatic heterocycles. The number of morpholine rings is 1. The Morgan fingerprint density at radius 3 is 2.77 bits per heavy atom. The number of ether oxygens (including phenoxy) is 2. The summed E-state index contributed by atoms with van der Waals surface area (Å²) in [5.74, 6) is 0.945. The van der Waals surface area contributed by atoms with Gasteiger partial charge >= 0.3 is 0 Å². The van der Waals surface area contributed by atoms with Gasteiger partial charge in [-0.3, -0.25) is 10.1 Å². The van der Waals surface area contributed by atoms with Gasteiger partial charge in [-0.1, -0.05) is 24.3 Å². The summed E-state index contributed by atoms with van der Waals surface area (Å²) in [5.41, 5.74) is 5.12. The summed E-state index contributed by atoms with van der Waals surface area (Å²) in [5, 5.41) is 3.23. The topological polar surface area (TPSA) is 50.8 Å². The number of para-hydroxylation sites is 1. The molecule has 0 spiro atoms. The maximum Gasteiger partial charge on any atom is 0.152 e. The Morgan fingerprint density at radius 1 is 1.12 bits per heavy atom. The van der Waals surface area contributed by atoms with E-state index in [4.69, 9.17) is 9.47 Å². The molecule has 0 aliphatic carbocycles. The molecule has 1 N–H and O–H groups in total. The van der Waals surface area contributed by atoms with Crippen LogP contribution in [0.1, 0.15) is 28.8 Å². The molecule has 5 rings (SSSR count). The van der Waals surface area contributed by atoms with Crippen molar-refractivity contribution in [3.63, 3.8) is 0 Å². The minimum Gasteiger partial charge on any atom is -0.477 e. The Bertz CT molecular complexity index is 835. The van der Waals surface area contributed by atoms with Crippen molar-refractivity contribution in [2.75, 3.05) is 24.8 Å². The third-order valence-corrected chi connectivity index (χ3v) is 5.72. The number of anilines is 1. The molecule has 2 fully saturated rings. The molecule has 2 bridgehead atoms. The monoisotopic (exact) mass is 350 g/mol. The number of fused-ring (bicyclic) bond motifs is 3. The second kappa shape index (κ2) is 6.41. The molecule has 2 unspecified atom stereocenters. The maximum absolute atomic E-state index is 11.7. The average molecular weight is 350 g/mol. The summed E-state index contributed by atoms with van der Waals surface area (Å²) in [6.45, 7) is 2.83. The maximum atomic E-state index is 11.7. The van der Waals surface area contributed by atoms with Crippen molar-refractivity contribution in [2.24, 2.45) is 0 Å². The van der Waals surface area contributed by atoms with E-state index in [0.717, 1.165) is 67.0 Å². The van der Waals surface area contributed by atoms with E-state index < -0.39 is 0 Å². The van der Waals surface area contributed by atoms with E-state index in [1.54, 1.807) is 0 Å². The summed E-state index contributed by atoms with van der Waals surface area (Å²) in [7, 11) is 0. The minimum absolute atomic E-state index is 0.368. The van der Waals surface area contributed by atoms with Gasteiger partial charge in [0.2, 0.25) is 0 Å². The molecule has 2 atom stereocenters. The van der Waals surface area contributed by atoms with Crippen LogP contribution in [0.25, 0.3) is 11.1 Å². The Labute approximate surface area is 152 Å². The van der Waals surface area contributed by atoms with Gasteiger partial charge in [0.1, 0.15) is 12.5 Å². The molecule has 2 aromatic carbocycles. The Morgan fingerprint density at radius 2 is 1.96 bits per heavy atom. The van der Waals surface area contributed by atoms with Crippen LogP contribution in [0.4, 0.5) is 5.69 Å². The molecule has 3 aliphatic rings. The van der Waals surface area contributed by atoms with Crippen LogP contribution < -0.4 is 15.0 Å². The first-order valence-electron chi connectivity index (χ1n) is 9.26. The first-order chi connectivity index (χ1) is 12.8. The minimum atomic E-state index is 0.368. The molecule has 2 aromatic rings. The Kier molecular flexibility index (Phi) is 3.91. The van der Waals surface area contributed by atoms with Gasteiger partial charge in [-0.25, -0.2) is 0 Å². The summed E-state index contributed by atoms with van der Waals surface area (Å²) >= 11 is 0. The van der Waals surface area contributed by atoms with E-state index in [1.165, 1.54) is 5.56 Å². The Hall–Kier alpha value is -2.37. The van der Waals surface area contributed by atoms with Crippen LogP contribution in [0, 0.1) is 0 Å². The lowest BCUT2D eigenvalue weighted by Crippen LogP contribution is -2.46. The summed E-state index contributed by atoms with van der Waals surface area (Å²) in [6.07, 6.45) is 3.22.